The van der Waals surface area contributed by atoms with E-state index in [9.17, 15) is 4.79 Å². The minimum absolute atomic E-state index is 0.448. The first-order chi connectivity index (χ1) is 16.1. The number of carbonyl (C=O) groups excluding carboxylic acids is 1. The summed E-state index contributed by atoms with van der Waals surface area (Å²) < 4.78 is 7.93. The summed E-state index contributed by atoms with van der Waals surface area (Å²) in [5.41, 5.74) is 10.1. The van der Waals surface area contributed by atoms with Gasteiger partial charge in [0.2, 0.25) is 0 Å². The summed E-state index contributed by atoms with van der Waals surface area (Å²) in [6.07, 6.45) is 2.10. The van der Waals surface area contributed by atoms with Crippen molar-refractivity contribution >= 4 is 16.8 Å². The largest absolute Gasteiger partial charge is 0.379 e. The van der Waals surface area contributed by atoms with Crippen LogP contribution in [0.15, 0.2) is 36.4 Å². The molecule has 0 unspecified atom stereocenters. The van der Waals surface area contributed by atoms with Gasteiger partial charge in [-0.15, -0.1) is 0 Å². The molecule has 33 heavy (non-hydrogen) atoms. The summed E-state index contributed by atoms with van der Waals surface area (Å²) in [7, 11) is 0. The number of hydroxylamine groups is 1. The molecule has 1 fully saturated rings. The normalized spacial score (nSPS) is 16.7. The molecule has 0 bridgehead atoms. The highest BCUT2D eigenvalue weighted by Crippen LogP contribution is 2.33. The zero-order valence-corrected chi connectivity index (χ0v) is 19.2. The summed E-state index contributed by atoms with van der Waals surface area (Å²) in [6.45, 7) is 9.67. The highest BCUT2D eigenvalue weighted by Gasteiger charge is 2.22. The smallest absolute Gasteiger partial charge is 0.274 e. The van der Waals surface area contributed by atoms with E-state index >= 15 is 0 Å². The number of nitrogens with zero attached hydrogens (tertiary/aromatic N) is 2. The summed E-state index contributed by atoms with van der Waals surface area (Å²) in [5.74, 6) is -0.491. The molecule has 1 amide bonds. The van der Waals surface area contributed by atoms with Crippen LogP contribution in [0.2, 0.25) is 0 Å². The number of amides is 1. The second kappa shape index (κ2) is 9.65. The van der Waals surface area contributed by atoms with Gasteiger partial charge in [-0.1, -0.05) is 18.2 Å². The number of benzene rings is 2. The van der Waals surface area contributed by atoms with Gasteiger partial charge in [0.1, 0.15) is 0 Å². The molecule has 0 atom stereocenters. The molecule has 1 aromatic heterocycles. The number of aryl methyl sites for hydroxylation is 1. The SMILES string of the molecule is Cc1cc(CCN2CCOCC2)cc2c3c(n(Cc4ccc(C(=O)NO)cc4)c12)CNCC3. The highest BCUT2D eigenvalue weighted by molar-refractivity contribution is 5.93. The number of morpholine rings is 1. The van der Waals surface area contributed by atoms with Crippen LogP contribution in [0.4, 0.5) is 0 Å². The van der Waals surface area contributed by atoms with Gasteiger partial charge in [-0.3, -0.25) is 14.9 Å². The first-order valence-corrected chi connectivity index (χ1v) is 11.8. The average molecular weight is 449 g/mol. The number of aromatic nitrogens is 1. The first-order valence-electron chi connectivity index (χ1n) is 11.8. The number of hydrogen-bond acceptors (Lipinski definition) is 5. The number of rotatable bonds is 6. The molecule has 2 aliphatic heterocycles. The van der Waals surface area contributed by atoms with Crippen LogP contribution in [-0.2, 0) is 30.7 Å². The van der Waals surface area contributed by atoms with Crippen LogP contribution in [0.1, 0.15) is 38.3 Å². The van der Waals surface area contributed by atoms with E-state index in [0.717, 1.165) is 70.9 Å². The molecule has 5 rings (SSSR count). The first kappa shape index (κ1) is 22.1. The lowest BCUT2D eigenvalue weighted by Gasteiger charge is -2.26. The number of carbonyl (C=O) groups is 1. The Balaban J connectivity index is 1.46. The Morgan fingerprint density at radius 2 is 1.94 bits per heavy atom. The van der Waals surface area contributed by atoms with Crippen LogP contribution in [0.5, 0.6) is 0 Å². The van der Waals surface area contributed by atoms with E-state index < -0.39 is 5.91 Å². The average Bonchev–Trinajstić information content (AvgIpc) is 3.17. The van der Waals surface area contributed by atoms with Crippen molar-refractivity contribution in [1.82, 2.24) is 20.3 Å². The van der Waals surface area contributed by atoms with Gasteiger partial charge in [0.25, 0.3) is 5.91 Å². The second-order valence-electron chi connectivity index (χ2n) is 9.09. The van der Waals surface area contributed by atoms with Crippen molar-refractivity contribution < 1.29 is 14.7 Å². The van der Waals surface area contributed by atoms with Gasteiger partial charge in [-0.05, 0) is 66.8 Å². The van der Waals surface area contributed by atoms with Gasteiger partial charge in [0.15, 0.2) is 0 Å². The molecule has 0 spiro atoms. The van der Waals surface area contributed by atoms with Crippen LogP contribution in [0.3, 0.4) is 0 Å². The number of fused-ring (bicyclic) bond motifs is 3. The van der Waals surface area contributed by atoms with E-state index in [1.807, 2.05) is 12.1 Å². The molecule has 1 saturated heterocycles. The fraction of sp³-hybridized carbons (Fsp3) is 0.423. The second-order valence-corrected chi connectivity index (χ2v) is 9.09. The Morgan fingerprint density at radius 1 is 1.15 bits per heavy atom. The molecule has 2 aromatic carbocycles. The topological polar surface area (TPSA) is 78.8 Å². The van der Waals surface area contributed by atoms with Crippen molar-refractivity contribution in [2.24, 2.45) is 0 Å². The summed E-state index contributed by atoms with van der Waals surface area (Å²) in [5, 5.41) is 13.8. The van der Waals surface area contributed by atoms with Crippen LogP contribution in [-0.4, -0.2) is 60.0 Å². The molecule has 3 N–H and O–H groups in total. The van der Waals surface area contributed by atoms with Crippen LogP contribution in [0, 0.1) is 6.92 Å². The van der Waals surface area contributed by atoms with Crippen LogP contribution >= 0.6 is 0 Å². The fourth-order valence-electron chi connectivity index (χ4n) is 5.24. The lowest BCUT2D eigenvalue weighted by molar-refractivity contribution is 0.0384. The van der Waals surface area contributed by atoms with Crippen molar-refractivity contribution in [3.05, 3.63) is 69.9 Å². The quantitative estimate of drug-likeness (QED) is 0.399. The third-order valence-electron chi connectivity index (χ3n) is 6.95. The third kappa shape index (κ3) is 4.54. The molecular formula is C26H32N4O3. The zero-order chi connectivity index (χ0) is 22.8. The van der Waals surface area contributed by atoms with Crippen LogP contribution < -0.4 is 10.8 Å². The highest BCUT2D eigenvalue weighted by atomic mass is 16.5. The molecule has 3 aromatic rings. The van der Waals surface area contributed by atoms with Gasteiger partial charge < -0.3 is 14.6 Å². The molecule has 174 valence electrons. The van der Waals surface area contributed by atoms with Crippen molar-refractivity contribution in [3.8, 4) is 0 Å². The fourth-order valence-corrected chi connectivity index (χ4v) is 5.24. The number of hydrogen-bond donors (Lipinski definition) is 3. The van der Waals surface area contributed by atoms with Crippen molar-refractivity contribution in [2.45, 2.75) is 32.9 Å². The zero-order valence-electron chi connectivity index (χ0n) is 19.2. The van der Waals surface area contributed by atoms with E-state index in [0.29, 0.717) is 5.56 Å². The molecular weight excluding hydrogens is 416 g/mol. The monoisotopic (exact) mass is 448 g/mol. The van der Waals surface area contributed by atoms with Crippen molar-refractivity contribution in [3.63, 3.8) is 0 Å². The molecule has 3 heterocycles. The minimum Gasteiger partial charge on any atom is -0.379 e. The lowest BCUT2D eigenvalue weighted by Crippen LogP contribution is -2.37. The predicted octanol–water partition coefficient (Wildman–Crippen LogP) is 2.64. The molecule has 7 heteroatoms. The lowest BCUT2D eigenvalue weighted by atomic mass is 9.99. The molecule has 0 saturated carbocycles. The Hall–Kier alpha value is -2.71. The predicted molar refractivity (Wildman–Crippen MR) is 128 cm³/mol. The van der Waals surface area contributed by atoms with Gasteiger partial charge in [0, 0.05) is 49.4 Å². The molecule has 0 aliphatic carbocycles. The summed E-state index contributed by atoms with van der Waals surface area (Å²) in [4.78, 5) is 14.1. The summed E-state index contributed by atoms with van der Waals surface area (Å²) >= 11 is 0. The standard InChI is InChI=1S/C26H32N4O3/c1-18-14-20(7-9-29-10-12-33-13-11-29)15-23-22-6-8-27-16-24(22)30(25(18)23)17-19-2-4-21(5-3-19)26(31)28-32/h2-5,14-15,27,32H,6-13,16-17H2,1H3,(H,28,31). The Labute approximate surface area is 194 Å². The Bertz CT molecular complexity index is 1150. The van der Waals surface area contributed by atoms with Crippen molar-refractivity contribution in [1.29, 1.82) is 0 Å². The van der Waals surface area contributed by atoms with Gasteiger partial charge in [0.05, 0.1) is 18.7 Å². The van der Waals surface area contributed by atoms with Crippen LogP contribution in [0.25, 0.3) is 10.9 Å². The molecule has 0 radical (unpaired) electrons. The minimum atomic E-state index is -0.491. The van der Waals surface area contributed by atoms with Gasteiger partial charge >= 0.3 is 0 Å². The van der Waals surface area contributed by atoms with Gasteiger partial charge in [-0.2, -0.15) is 0 Å². The summed E-state index contributed by atoms with van der Waals surface area (Å²) in [6, 6.07) is 12.2. The maximum absolute atomic E-state index is 11.7. The van der Waals surface area contributed by atoms with Crippen molar-refractivity contribution in [2.75, 3.05) is 39.4 Å². The molecule has 7 nitrogen and oxygen atoms in total. The van der Waals surface area contributed by atoms with Gasteiger partial charge in [-0.25, -0.2) is 5.48 Å². The third-order valence-corrected chi connectivity index (χ3v) is 6.95. The van der Waals surface area contributed by atoms with E-state index in [1.165, 1.54) is 33.3 Å². The number of nitrogens with one attached hydrogen (secondary N) is 2. The maximum atomic E-state index is 11.7. The van der Waals surface area contributed by atoms with E-state index in [-0.39, 0.29) is 0 Å². The Morgan fingerprint density at radius 3 is 2.70 bits per heavy atom. The Kier molecular flexibility index (Phi) is 6.46. The van der Waals surface area contributed by atoms with E-state index in [4.69, 9.17) is 9.94 Å². The van der Waals surface area contributed by atoms with E-state index in [1.54, 1.807) is 17.6 Å². The maximum Gasteiger partial charge on any atom is 0.274 e. The van der Waals surface area contributed by atoms with E-state index in [2.05, 4.69) is 33.8 Å². The molecule has 2 aliphatic rings. The number of ether oxygens (including phenoxy) is 1.